The molecule has 0 radical (unpaired) electrons. The average Bonchev–Trinajstić information content (AvgIpc) is 2.70. The molecule has 0 atom stereocenters. The number of nitrogens with zero attached hydrogens (tertiary/aromatic N) is 2. The maximum atomic E-state index is 12.1. The van der Waals surface area contributed by atoms with Gasteiger partial charge in [0, 0.05) is 18.7 Å². The molecule has 26 heavy (non-hydrogen) atoms. The van der Waals surface area contributed by atoms with E-state index in [1.54, 1.807) is 6.20 Å². The quantitative estimate of drug-likeness (QED) is 0.668. The lowest BCUT2D eigenvalue weighted by Crippen LogP contribution is -2.17. The van der Waals surface area contributed by atoms with Gasteiger partial charge < -0.3 is 10.2 Å². The van der Waals surface area contributed by atoms with Gasteiger partial charge in [-0.25, -0.2) is 4.98 Å². The molecule has 1 N–H and O–H groups in total. The lowest BCUT2D eigenvalue weighted by atomic mass is 10.1. The van der Waals surface area contributed by atoms with Gasteiger partial charge in [0.15, 0.2) is 0 Å². The predicted octanol–water partition coefficient (Wildman–Crippen LogP) is 4.81. The molecule has 1 heterocycles. The van der Waals surface area contributed by atoms with E-state index in [2.05, 4.69) is 34.3 Å². The molecule has 4 nitrogen and oxygen atoms in total. The topological polar surface area (TPSA) is 45.2 Å². The molecular weight excluding hydrogens is 322 g/mol. The highest BCUT2D eigenvalue weighted by molar-refractivity contribution is 5.90. The summed E-state index contributed by atoms with van der Waals surface area (Å²) in [6.45, 7) is 2.91. The van der Waals surface area contributed by atoms with Gasteiger partial charge in [0.05, 0.1) is 11.9 Å². The standard InChI is InChI=1S/C22H23N3O/c1-2-25(20-11-7-4-8-12-20)21-15-14-19(17-23-21)24-22(26)16-13-18-9-5-3-6-10-18/h3-12,14-15,17H,2,13,16H2,1H3,(H,24,26). The highest BCUT2D eigenvalue weighted by Crippen LogP contribution is 2.23. The number of aryl methyl sites for hydroxylation is 1. The zero-order valence-electron chi connectivity index (χ0n) is 14.9. The molecule has 0 saturated heterocycles. The Bertz CT molecular complexity index is 817. The van der Waals surface area contributed by atoms with Crippen LogP contribution in [-0.2, 0) is 11.2 Å². The van der Waals surface area contributed by atoms with E-state index in [0.29, 0.717) is 6.42 Å². The monoisotopic (exact) mass is 345 g/mol. The van der Waals surface area contributed by atoms with Crippen molar-refractivity contribution in [3.05, 3.63) is 84.6 Å². The summed E-state index contributed by atoms with van der Waals surface area (Å²) in [7, 11) is 0. The van der Waals surface area contributed by atoms with Crippen molar-refractivity contribution in [2.75, 3.05) is 16.8 Å². The third-order valence-electron chi connectivity index (χ3n) is 4.18. The molecule has 0 aliphatic rings. The third kappa shape index (κ3) is 4.70. The molecule has 3 aromatic rings. The van der Waals surface area contributed by atoms with Gasteiger partial charge in [-0.3, -0.25) is 4.79 Å². The van der Waals surface area contributed by atoms with Crippen LogP contribution in [0.4, 0.5) is 17.2 Å². The van der Waals surface area contributed by atoms with Crippen molar-refractivity contribution in [1.29, 1.82) is 0 Å². The van der Waals surface area contributed by atoms with Crippen LogP contribution < -0.4 is 10.2 Å². The summed E-state index contributed by atoms with van der Waals surface area (Å²) in [5, 5.41) is 2.92. The van der Waals surface area contributed by atoms with Crippen LogP contribution in [-0.4, -0.2) is 17.4 Å². The first-order valence-corrected chi connectivity index (χ1v) is 8.88. The normalized spacial score (nSPS) is 10.3. The first-order chi connectivity index (χ1) is 12.8. The SMILES string of the molecule is CCN(c1ccccc1)c1ccc(NC(=O)CCc2ccccc2)cn1. The Kier molecular flexibility index (Phi) is 5.99. The van der Waals surface area contributed by atoms with E-state index in [1.165, 1.54) is 0 Å². The largest absolute Gasteiger partial charge is 0.327 e. The van der Waals surface area contributed by atoms with Crippen LogP contribution in [0.25, 0.3) is 0 Å². The number of pyridine rings is 1. The fourth-order valence-corrected chi connectivity index (χ4v) is 2.83. The summed E-state index contributed by atoms with van der Waals surface area (Å²) in [5.41, 5.74) is 2.98. The zero-order valence-corrected chi connectivity index (χ0v) is 14.9. The van der Waals surface area contributed by atoms with E-state index in [-0.39, 0.29) is 5.91 Å². The molecule has 3 rings (SSSR count). The van der Waals surface area contributed by atoms with Gasteiger partial charge in [-0.15, -0.1) is 0 Å². The molecule has 132 valence electrons. The van der Waals surface area contributed by atoms with Crippen molar-refractivity contribution in [1.82, 2.24) is 4.98 Å². The molecule has 0 aliphatic carbocycles. The van der Waals surface area contributed by atoms with Gasteiger partial charge in [-0.05, 0) is 43.2 Å². The summed E-state index contributed by atoms with van der Waals surface area (Å²) in [6, 6.07) is 24.0. The summed E-state index contributed by atoms with van der Waals surface area (Å²) in [4.78, 5) is 18.8. The number of anilines is 3. The van der Waals surface area contributed by atoms with Gasteiger partial charge in [0.25, 0.3) is 0 Å². The maximum Gasteiger partial charge on any atom is 0.224 e. The molecule has 1 aromatic heterocycles. The van der Waals surface area contributed by atoms with Crippen LogP contribution in [0.15, 0.2) is 79.0 Å². The van der Waals surface area contributed by atoms with E-state index in [4.69, 9.17) is 0 Å². The summed E-state index contributed by atoms with van der Waals surface area (Å²) in [6.07, 6.45) is 2.90. The highest BCUT2D eigenvalue weighted by Gasteiger charge is 2.09. The number of aromatic nitrogens is 1. The smallest absolute Gasteiger partial charge is 0.224 e. The summed E-state index contributed by atoms with van der Waals surface area (Å²) < 4.78 is 0. The second kappa shape index (κ2) is 8.81. The van der Waals surface area contributed by atoms with Crippen molar-refractivity contribution in [3.8, 4) is 0 Å². The van der Waals surface area contributed by atoms with Crippen LogP contribution in [0.1, 0.15) is 18.9 Å². The van der Waals surface area contributed by atoms with Crippen molar-refractivity contribution < 1.29 is 4.79 Å². The van der Waals surface area contributed by atoms with Gasteiger partial charge in [-0.2, -0.15) is 0 Å². The van der Waals surface area contributed by atoms with Crippen molar-refractivity contribution in [3.63, 3.8) is 0 Å². The molecule has 0 bridgehead atoms. The number of carbonyl (C=O) groups is 1. The fraction of sp³-hybridized carbons (Fsp3) is 0.182. The van der Waals surface area contributed by atoms with E-state index in [9.17, 15) is 4.79 Å². The highest BCUT2D eigenvalue weighted by atomic mass is 16.1. The molecule has 0 spiro atoms. The Morgan fingerprint density at radius 2 is 1.65 bits per heavy atom. The van der Waals surface area contributed by atoms with Crippen molar-refractivity contribution in [2.24, 2.45) is 0 Å². The minimum atomic E-state index is -0.00110. The first kappa shape index (κ1) is 17.7. The van der Waals surface area contributed by atoms with Crippen LogP contribution in [0.5, 0.6) is 0 Å². The Balaban J connectivity index is 1.59. The number of amides is 1. The lowest BCUT2D eigenvalue weighted by molar-refractivity contribution is -0.116. The molecule has 0 saturated carbocycles. The van der Waals surface area contributed by atoms with E-state index in [1.807, 2.05) is 60.7 Å². The van der Waals surface area contributed by atoms with Crippen LogP contribution in [0, 0.1) is 0 Å². The number of benzene rings is 2. The van der Waals surface area contributed by atoms with Gasteiger partial charge in [0.1, 0.15) is 5.82 Å². The number of para-hydroxylation sites is 1. The van der Waals surface area contributed by atoms with Crippen LogP contribution in [0.3, 0.4) is 0 Å². The molecular formula is C22H23N3O. The van der Waals surface area contributed by atoms with Crippen molar-refractivity contribution in [2.45, 2.75) is 19.8 Å². The number of carbonyl (C=O) groups excluding carboxylic acids is 1. The molecule has 0 aliphatic heterocycles. The zero-order chi connectivity index (χ0) is 18.2. The van der Waals surface area contributed by atoms with Crippen LogP contribution in [0.2, 0.25) is 0 Å². The van der Waals surface area contributed by atoms with Gasteiger partial charge in [-0.1, -0.05) is 48.5 Å². The summed E-state index contributed by atoms with van der Waals surface area (Å²) >= 11 is 0. The number of rotatable bonds is 7. The van der Waals surface area contributed by atoms with E-state index >= 15 is 0 Å². The Morgan fingerprint density at radius 3 is 2.27 bits per heavy atom. The fourth-order valence-electron chi connectivity index (χ4n) is 2.83. The maximum absolute atomic E-state index is 12.1. The molecule has 4 heteroatoms. The van der Waals surface area contributed by atoms with Crippen molar-refractivity contribution >= 4 is 23.1 Å². The van der Waals surface area contributed by atoms with E-state index in [0.717, 1.165) is 35.7 Å². The molecule has 0 unspecified atom stereocenters. The predicted molar refractivity (Wildman–Crippen MR) is 107 cm³/mol. The third-order valence-corrected chi connectivity index (χ3v) is 4.18. The molecule has 0 fully saturated rings. The van der Waals surface area contributed by atoms with Gasteiger partial charge >= 0.3 is 0 Å². The Morgan fingerprint density at radius 1 is 0.962 bits per heavy atom. The number of nitrogens with one attached hydrogen (secondary N) is 1. The average molecular weight is 345 g/mol. The Labute approximate surface area is 154 Å². The molecule has 2 aromatic carbocycles. The Hall–Kier alpha value is -3.14. The second-order valence-electron chi connectivity index (χ2n) is 6.02. The van der Waals surface area contributed by atoms with Gasteiger partial charge in [0.2, 0.25) is 5.91 Å². The summed E-state index contributed by atoms with van der Waals surface area (Å²) in [5.74, 6) is 0.861. The number of hydrogen-bond acceptors (Lipinski definition) is 3. The molecule has 1 amide bonds. The lowest BCUT2D eigenvalue weighted by Gasteiger charge is -2.22. The van der Waals surface area contributed by atoms with Crippen LogP contribution >= 0.6 is 0 Å². The van der Waals surface area contributed by atoms with E-state index < -0.39 is 0 Å². The minimum absolute atomic E-state index is 0.00110. The first-order valence-electron chi connectivity index (χ1n) is 8.88. The minimum Gasteiger partial charge on any atom is -0.327 e. The second-order valence-corrected chi connectivity index (χ2v) is 6.02. The number of hydrogen-bond donors (Lipinski definition) is 1.